The van der Waals surface area contributed by atoms with Gasteiger partial charge < -0.3 is 14.2 Å². The molecule has 1 aliphatic heterocycles. The number of para-hydroxylation sites is 1. The predicted octanol–water partition coefficient (Wildman–Crippen LogP) is 2.24. The van der Waals surface area contributed by atoms with Crippen molar-refractivity contribution in [3.05, 3.63) is 59.9 Å². The van der Waals surface area contributed by atoms with Gasteiger partial charge in [-0.15, -0.1) is 0 Å². The number of benzene rings is 1. The Bertz CT molecular complexity index is 750. The number of nitriles is 1. The highest BCUT2D eigenvalue weighted by Gasteiger charge is 2.20. The van der Waals surface area contributed by atoms with Crippen molar-refractivity contribution in [3.63, 3.8) is 0 Å². The first-order valence-electron chi connectivity index (χ1n) is 7.51. The van der Waals surface area contributed by atoms with E-state index < -0.39 is 0 Å². The normalized spacial score (nSPS) is 15.3. The van der Waals surface area contributed by atoms with Crippen molar-refractivity contribution in [2.75, 3.05) is 26.3 Å². The van der Waals surface area contributed by atoms with Gasteiger partial charge in [-0.25, -0.2) is 0 Å². The molecule has 0 N–H and O–H groups in total. The topological polar surface area (TPSA) is 58.3 Å². The van der Waals surface area contributed by atoms with Gasteiger partial charge in [-0.1, -0.05) is 18.2 Å². The lowest BCUT2D eigenvalue weighted by Gasteiger charge is -2.26. The van der Waals surface area contributed by atoms with Crippen molar-refractivity contribution in [2.24, 2.45) is 0 Å². The van der Waals surface area contributed by atoms with Crippen molar-refractivity contribution < 1.29 is 9.53 Å². The van der Waals surface area contributed by atoms with Gasteiger partial charge in [0.25, 0.3) is 5.91 Å². The monoisotopic (exact) mass is 307 g/mol. The summed E-state index contributed by atoms with van der Waals surface area (Å²) in [5.74, 6) is -0.239. The van der Waals surface area contributed by atoms with Gasteiger partial charge in [0.05, 0.1) is 13.2 Å². The number of carbonyl (C=O) groups is 1. The molecule has 1 aromatic heterocycles. The fraction of sp³-hybridized carbons (Fsp3) is 0.222. The Morgan fingerprint density at radius 3 is 2.57 bits per heavy atom. The number of hydrogen-bond donors (Lipinski definition) is 0. The van der Waals surface area contributed by atoms with Crippen LogP contribution in [0.3, 0.4) is 0 Å². The SMILES string of the molecule is N#C/C(=C\c1cccn1-c1ccccc1)C(=O)N1CCOCC1. The molecule has 1 aromatic carbocycles. The third-order valence-corrected chi connectivity index (χ3v) is 3.76. The molecule has 1 fully saturated rings. The minimum atomic E-state index is -0.239. The van der Waals surface area contributed by atoms with Crippen molar-refractivity contribution in [1.29, 1.82) is 5.26 Å². The zero-order chi connectivity index (χ0) is 16.1. The molecule has 2 aromatic rings. The molecule has 2 heterocycles. The molecule has 0 atom stereocenters. The Balaban J connectivity index is 1.89. The maximum absolute atomic E-state index is 12.5. The van der Waals surface area contributed by atoms with Crippen molar-refractivity contribution in [2.45, 2.75) is 0 Å². The lowest BCUT2D eigenvalue weighted by molar-refractivity contribution is -0.130. The molecule has 116 valence electrons. The van der Waals surface area contributed by atoms with Crippen LogP contribution in [-0.2, 0) is 9.53 Å². The van der Waals surface area contributed by atoms with Crippen LogP contribution in [0, 0.1) is 11.3 Å². The molecule has 23 heavy (non-hydrogen) atoms. The molecular weight excluding hydrogens is 290 g/mol. The first-order chi connectivity index (χ1) is 11.3. The summed E-state index contributed by atoms with van der Waals surface area (Å²) in [6.45, 7) is 2.09. The van der Waals surface area contributed by atoms with Gasteiger partial charge in [0.15, 0.2) is 0 Å². The van der Waals surface area contributed by atoms with E-state index in [0.29, 0.717) is 26.3 Å². The number of aromatic nitrogens is 1. The van der Waals surface area contributed by atoms with Crippen molar-refractivity contribution in [1.82, 2.24) is 9.47 Å². The zero-order valence-electron chi connectivity index (χ0n) is 12.7. The second-order valence-corrected chi connectivity index (χ2v) is 5.21. The van der Waals surface area contributed by atoms with Crippen LogP contribution in [0.15, 0.2) is 54.2 Å². The average Bonchev–Trinajstić information content (AvgIpc) is 3.09. The molecule has 5 heteroatoms. The summed E-state index contributed by atoms with van der Waals surface area (Å²) >= 11 is 0. The summed E-state index contributed by atoms with van der Waals surface area (Å²) in [4.78, 5) is 14.1. The van der Waals surface area contributed by atoms with Crippen LogP contribution in [-0.4, -0.2) is 41.7 Å². The average molecular weight is 307 g/mol. The molecule has 1 amide bonds. The van der Waals surface area contributed by atoms with E-state index in [9.17, 15) is 10.1 Å². The summed E-state index contributed by atoms with van der Waals surface area (Å²) in [5, 5.41) is 9.38. The molecule has 0 unspecified atom stereocenters. The lowest BCUT2D eigenvalue weighted by Crippen LogP contribution is -2.41. The first kappa shape index (κ1) is 15.1. The standard InChI is InChI=1S/C18H17N3O2/c19-14-15(18(22)20-9-11-23-12-10-20)13-17-7-4-8-21(17)16-5-2-1-3-6-16/h1-8,13H,9-12H2/b15-13+. The minimum absolute atomic E-state index is 0.141. The van der Waals surface area contributed by atoms with Gasteiger partial charge in [0.2, 0.25) is 0 Å². The number of nitrogens with zero attached hydrogens (tertiary/aromatic N) is 3. The van der Waals surface area contributed by atoms with E-state index in [-0.39, 0.29) is 11.5 Å². The van der Waals surface area contributed by atoms with Crippen LogP contribution >= 0.6 is 0 Å². The summed E-state index contributed by atoms with van der Waals surface area (Å²) < 4.78 is 7.19. The number of hydrogen-bond acceptors (Lipinski definition) is 3. The van der Waals surface area contributed by atoms with Crippen molar-refractivity contribution >= 4 is 12.0 Å². The highest BCUT2D eigenvalue weighted by Crippen LogP contribution is 2.16. The highest BCUT2D eigenvalue weighted by molar-refractivity contribution is 6.01. The summed E-state index contributed by atoms with van der Waals surface area (Å²) in [6, 6.07) is 15.6. The molecule has 0 spiro atoms. The Morgan fingerprint density at radius 2 is 1.87 bits per heavy atom. The van der Waals surface area contributed by atoms with Crippen LogP contribution in [0.2, 0.25) is 0 Å². The molecule has 0 saturated carbocycles. The van der Waals surface area contributed by atoms with Crippen LogP contribution in [0.25, 0.3) is 11.8 Å². The molecule has 0 aliphatic carbocycles. The Hall–Kier alpha value is -2.84. The largest absolute Gasteiger partial charge is 0.378 e. The first-order valence-corrected chi connectivity index (χ1v) is 7.51. The Labute approximate surface area is 135 Å². The lowest BCUT2D eigenvalue weighted by atomic mass is 10.2. The van der Waals surface area contributed by atoms with Crippen LogP contribution in [0.1, 0.15) is 5.69 Å². The van der Waals surface area contributed by atoms with E-state index in [2.05, 4.69) is 0 Å². The number of amides is 1. The second-order valence-electron chi connectivity index (χ2n) is 5.21. The summed E-state index contributed by atoms with van der Waals surface area (Å²) in [6.07, 6.45) is 3.56. The second kappa shape index (κ2) is 6.95. The maximum Gasteiger partial charge on any atom is 0.264 e. The zero-order valence-corrected chi connectivity index (χ0v) is 12.7. The van der Waals surface area contributed by atoms with Gasteiger partial charge in [-0.2, -0.15) is 5.26 Å². The van der Waals surface area contributed by atoms with E-state index in [4.69, 9.17) is 4.74 Å². The van der Waals surface area contributed by atoms with Crippen molar-refractivity contribution in [3.8, 4) is 11.8 Å². The minimum Gasteiger partial charge on any atom is -0.378 e. The molecule has 1 aliphatic rings. The summed E-state index contributed by atoms with van der Waals surface area (Å²) in [5.41, 5.74) is 1.93. The van der Waals surface area contributed by atoms with E-state index in [1.807, 2.05) is 59.3 Å². The molecular formula is C18H17N3O2. The molecule has 3 rings (SSSR count). The third-order valence-electron chi connectivity index (χ3n) is 3.76. The number of ether oxygens (including phenoxy) is 1. The van der Waals surface area contributed by atoms with Gasteiger partial charge >= 0.3 is 0 Å². The van der Waals surface area contributed by atoms with Crippen LogP contribution < -0.4 is 0 Å². The Morgan fingerprint density at radius 1 is 1.13 bits per heavy atom. The number of morpholine rings is 1. The van der Waals surface area contributed by atoms with Crippen LogP contribution in [0.5, 0.6) is 0 Å². The quantitative estimate of drug-likeness (QED) is 0.645. The third kappa shape index (κ3) is 3.33. The number of rotatable bonds is 3. The fourth-order valence-electron chi connectivity index (χ4n) is 2.56. The fourth-order valence-corrected chi connectivity index (χ4v) is 2.56. The van der Waals surface area contributed by atoms with Crippen LogP contribution in [0.4, 0.5) is 0 Å². The van der Waals surface area contributed by atoms with Gasteiger partial charge in [-0.3, -0.25) is 4.79 Å². The van der Waals surface area contributed by atoms with E-state index in [0.717, 1.165) is 11.4 Å². The highest BCUT2D eigenvalue weighted by atomic mass is 16.5. The van der Waals surface area contributed by atoms with E-state index >= 15 is 0 Å². The Kier molecular flexibility index (Phi) is 4.55. The van der Waals surface area contributed by atoms with Gasteiger partial charge in [-0.05, 0) is 30.3 Å². The molecule has 0 radical (unpaired) electrons. The van der Waals surface area contributed by atoms with E-state index in [1.165, 1.54) is 0 Å². The smallest absolute Gasteiger partial charge is 0.264 e. The maximum atomic E-state index is 12.5. The molecule has 1 saturated heterocycles. The molecule has 0 bridgehead atoms. The van der Waals surface area contributed by atoms with E-state index in [1.54, 1.807) is 11.0 Å². The molecule has 5 nitrogen and oxygen atoms in total. The predicted molar refractivity (Wildman–Crippen MR) is 86.8 cm³/mol. The number of carbonyl (C=O) groups excluding carboxylic acids is 1. The van der Waals surface area contributed by atoms with Gasteiger partial charge in [0.1, 0.15) is 11.6 Å². The van der Waals surface area contributed by atoms with Gasteiger partial charge in [0, 0.05) is 30.7 Å². The summed E-state index contributed by atoms with van der Waals surface area (Å²) in [7, 11) is 0.